The molecule has 35 heavy (non-hydrogen) atoms. The van der Waals surface area contributed by atoms with Gasteiger partial charge in [0.25, 0.3) is 17.4 Å². The third-order valence-electron chi connectivity index (χ3n) is 6.33. The van der Waals surface area contributed by atoms with E-state index in [1.54, 1.807) is 18.2 Å². The lowest BCUT2D eigenvalue weighted by Crippen LogP contribution is -2.38. The minimum atomic E-state index is -0.889. The lowest BCUT2D eigenvalue weighted by Gasteiger charge is -2.28. The zero-order chi connectivity index (χ0) is 25.1. The number of Topliss-reactive ketones (excluding diaryl/α,β-unsaturated/α-hetero) is 1. The van der Waals surface area contributed by atoms with Gasteiger partial charge in [0, 0.05) is 30.8 Å². The Balaban J connectivity index is 1.79. The maximum Gasteiger partial charge on any atom is 0.295 e. The number of rotatable bonds is 8. The number of nitro benzene ring substituents is 1. The molecule has 0 aromatic heterocycles. The number of carbonyl (C=O) groups excluding carboxylic acids is 2. The Morgan fingerprint density at radius 2 is 1.74 bits per heavy atom. The SMILES string of the molecule is CCN(CC)CCN1C(=O)C(=O)/C(=C(/O)c2ccc3c(c2)OCCO3)C1c1ccc([N+](=O)[O-])cc1. The molecule has 10 nitrogen and oxygen atoms in total. The lowest BCUT2D eigenvalue weighted by molar-refractivity contribution is -0.384. The van der Waals surface area contributed by atoms with E-state index in [0.29, 0.717) is 42.4 Å². The molecule has 0 saturated carbocycles. The summed E-state index contributed by atoms with van der Waals surface area (Å²) in [5, 5.41) is 22.4. The number of non-ortho nitro benzene ring substituents is 1. The van der Waals surface area contributed by atoms with E-state index in [1.807, 2.05) is 13.8 Å². The molecule has 1 unspecified atom stereocenters. The Hall–Kier alpha value is -3.92. The molecule has 184 valence electrons. The van der Waals surface area contributed by atoms with Crippen molar-refractivity contribution in [3.8, 4) is 11.5 Å². The van der Waals surface area contributed by atoms with Crippen LogP contribution in [0, 0.1) is 10.1 Å². The number of ether oxygens (including phenoxy) is 2. The highest BCUT2D eigenvalue weighted by molar-refractivity contribution is 6.46. The van der Waals surface area contributed by atoms with E-state index in [1.165, 1.54) is 29.2 Å². The highest BCUT2D eigenvalue weighted by Crippen LogP contribution is 2.41. The fraction of sp³-hybridized carbons (Fsp3) is 0.360. The van der Waals surface area contributed by atoms with E-state index in [2.05, 4.69) is 4.90 Å². The van der Waals surface area contributed by atoms with Crippen LogP contribution in [0.15, 0.2) is 48.0 Å². The molecule has 2 aromatic rings. The molecule has 2 aliphatic rings. The number of aliphatic hydroxyl groups excluding tert-OH is 1. The molecular weight excluding hydrogens is 454 g/mol. The number of benzene rings is 2. The molecule has 1 saturated heterocycles. The second kappa shape index (κ2) is 10.1. The molecule has 1 fully saturated rings. The van der Waals surface area contributed by atoms with E-state index in [-0.39, 0.29) is 23.6 Å². The third-order valence-corrected chi connectivity index (χ3v) is 6.33. The molecule has 2 aromatic carbocycles. The summed E-state index contributed by atoms with van der Waals surface area (Å²) in [6, 6.07) is 9.58. The van der Waals surface area contributed by atoms with Gasteiger partial charge in [0.05, 0.1) is 16.5 Å². The number of nitrogens with zero attached hydrogens (tertiary/aromatic N) is 3. The molecule has 10 heteroatoms. The van der Waals surface area contributed by atoms with E-state index < -0.39 is 22.7 Å². The fourth-order valence-electron chi connectivity index (χ4n) is 4.37. The maximum absolute atomic E-state index is 13.2. The Kier molecular flexibility index (Phi) is 7.02. The number of hydrogen-bond acceptors (Lipinski definition) is 8. The first-order valence-electron chi connectivity index (χ1n) is 11.5. The number of likely N-dealkylation sites (N-methyl/N-ethyl adjacent to an activating group) is 1. The van der Waals surface area contributed by atoms with Crippen molar-refractivity contribution in [3.05, 3.63) is 69.3 Å². The van der Waals surface area contributed by atoms with Gasteiger partial charge in [-0.1, -0.05) is 13.8 Å². The minimum Gasteiger partial charge on any atom is -0.507 e. The van der Waals surface area contributed by atoms with Crippen LogP contribution in [0.5, 0.6) is 11.5 Å². The smallest absolute Gasteiger partial charge is 0.295 e. The summed E-state index contributed by atoms with van der Waals surface area (Å²) in [6.07, 6.45) is 0. The predicted molar refractivity (Wildman–Crippen MR) is 127 cm³/mol. The molecule has 0 aliphatic carbocycles. The lowest BCUT2D eigenvalue weighted by atomic mass is 9.95. The quantitative estimate of drug-likeness (QED) is 0.201. The van der Waals surface area contributed by atoms with Crippen molar-refractivity contribution < 1.29 is 29.1 Å². The van der Waals surface area contributed by atoms with Crippen LogP contribution in [0.1, 0.15) is 31.0 Å². The van der Waals surface area contributed by atoms with Crippen molar-refractivity contribution in [2.75, 3.05) is 39.4 Å². The van der Waals surface area contributed by atoms with Gasteiger partial charge >= 0.3 is 0 Å². The van der Waals surface area contributed by atoms with Gasteiger partial charge < -0.3 is 24.4 Å². The first-order valence-corrected chi connectivity index (χ1v) is 11.5. The molecule has 2 aliphatic heterocycles. The summed E-state index contributed by atoms with van der Waals surface area (Å²) in [5.74, 6) is -0.906. The van der Waals surface area contributed by atoms with Crippen LogP contribution in [-0.2, 0) is 9.59 Å². The number of carbonyl (C=O) groups is 2. The standard InChI is InChI=1S/C25H27N3O7/c1-3-26(4-2)11-12-27-22(16-5-8-18(9-6-16)28(32)33)21(24(30)25(27)31)23(29)17-7-10-19-20(15-17)35-14-13-34-19/h5-10,15,22,29H,3-4,11-14H2,1-2H3/b23-21+. The van der Waals surface area contributed by atoms with Gasteiger partial charge in [-0.2, -0.15) is 0 Å². The average molecular weight is 482 g/mol. The second-order valence-corrected chi connectivity index (χ2v) is 8.23. The van der Waals surface area contributed by atoms with Crippen molar-refractivity contribution in [2.24, 2.45) is 0 Å². The molecule has 1 N–H and O–H groups in total. The van der Waals surface area contributed by atoms with Gasteiger partial charge in [-0.05, 0) is 49.0 Å². The van der Waals surface area contributed by atoms with E-state index in [0.717, 1.165) is 13.1 Å². The molecule has 1 amide bonds. The van der Waals surface area contributed by atoms with Crippen molar-refractivity contribution in [1.82, 2.24) is 9.80 Å². The minimum absolute atomic E-state index is 0.0694. The van der Waals surface area contributed by atoms with Crippen LogP contribution in [0.3, 0.4) is 0 Å². The van der Waals surface area contributed by atoms with Crippen LogP contribution in [0.4, 0.5) is 5.69 Å². The third kappa shape index (κ3) is 4.69. The van der Waals surface area contributed by atoms with Crippen LogP contribution in [0.25, 0.3) is 5.76 Å². The summed E-state index contributed by atoms with van der Waals surface area (Å²) in [6.45, 7) is 7.13. The second-order valence-electron chi connectivity index (χ2n) is 8.23. The zero-order valence-corrected chi connectivity index (χ0v) is 19.6. The van der Waals surface area contributed by atoms with Crippen LogP contribution < -0.4 is 9.47 Å². The van der Waals surface area contributed by atoms with Gasteiger partial charge in [0.2, 0.25) is 0 Å². The van der Waals surface area contributed by atoms with Crippen LogP contribution in [-0.4, -0.2) is 70.9 Å². The van der Waals surface area contributed by atoms with Crippen LogP contribution in [0.2, 0.25) is 0 Å². The van der Waals surface area contributed by atoms with E-state index in [4.69, 9.17) is 9.47 Å². The monoisotopic (exact) mass is 481 g/mol. The first-order chi connectivity index (χ1) is 16.8. The van der Waals surface area contributed by atoms with Crippen molar-refractivity contribution >= 4 is 23.1 Å². The molecule has 0 spiro atoms. The number of fused-ring (bicyclic) bond motifs is 1. The van der Waals surface area contributed by atoms with Gasteiger partial charge in [0.1, 0.15) is 19.0 Å². The molecular formula is C25H27N3O7. The van der Waals surface area contributed by atoms with Gasteiger partial charge in [-0.3, -0.25) is 19.7 Å². The Labute approximate surface area is 202 Å². The summed E-state index contributed by atoms with van der Waals surface area (Å²) in [5.41, 5.74) is 0.622. The number of amides is 1. The van der Waals surface area contributed by atoms with Crippen molar-refractivity contribution in [1.29, 1.82) is 0 Å². The Bertz CT molecular complexity index is 1170. The zero-order valence-electron chi connectivity index (χ0n) is 19.6. The maximum atomic E-state index is 13.2. The average Bonchev–Trinajstić information content (AvgIpc) is 3.13. The summed E-state index contributed by atoms with van der Waals surface area (Å²) >= 11 is 0. The van der Waals surface area contributed by atoms with Crippen molar-refractivity contribution in [2.45, 2.75) is 19.9 Å². The topological polar surface area (TPSA) is 122 Å². The highest BCUT2D eigenvalue weighted by atomic mass is 16.6. The fourth-order valence-corrected chi connectivity index (χ4v) is 4.37. The molecule has 4 rings (SSSR count). The molecule has 2 heterocycles. The first kappa shape index (κ1) is 24.2. The van der Waals surface area contributed by atoms with Crippen molar-refractivity contribution in [3.63, 3.8) is 0 Å². The normalized spacial score (nSPS) is 18.8. The van der Waals surface area contributed by atoms with Gasteiger partial charge in [0.15, 0.2) is 11.5 Å². The Morgan fingerprint density at radius 3 is 2.37 bits per heavy atom. The summed E-state index contributed by atoms with van der Waals surface area (Å²) < 4.78 is 11.1. The Morgan fingerprint density at radius 1 is 1.09 bits per heavy atom. The number of nitro groups is 1. The number of ketones is 1. The van der Waals surface area contributed by atoms with Gasteiger partial charge in [-0.15, -0.1) is 0 Å². The molecule has 0 bridgehead atoms. The summed E-state index contributed by atoms with van der Waals surface area (Å²) in [7, 11) is 0. The van der Waals surface area contributed by atoms with E-state index >= 15 is 0 Å². The van der Waals surface area contributed by atoms with E-state index in [9.17, 15) is 24.8 Å². The predicted octanol–water partition coefficient (Wildman–Crippen LogP) is 3.13. The number of likely N-dealkylation sites (tertiary alicyclic amines) is 1. The summed E-state index contributed by atoms with van der Waals surface area (Å²) in [4.78, 5) is 40.4. The van der Waals surface area contributed by atoms with Crippen LogP contribution >= 0.6 is 0 Å². The molecule has 1 atom stereocenters. The highest BCUT2D eigenvalue weighted by Gasteiger charge is 2.46. The largest absolute Gasteiger partial charge is 0.507 e. The van der Waals surface area contributed by atoms with Gasteiger partial charge in [-0.25, -0.2) is 0 Å². The number of aliphatic hydroxyl groups is 1. The molecule has 0 radical (unpaired) electrons. The number of hydrogen-bond donors (Lipinski definition) is 1.